The molecular weight excluding hydrogens is 550 g/mol. The number of Topliss-reactive ketones (excluding diaryl/α,β-unsaturated/α-hetero) is 1. The molecule has 2 unspecified atom stereocenters. The van der Waals surface area contributed by atoms with Crippen molar-refractivity contribution in [2.75, 3.05) is 38.8 Å². The highest BCUT2D eigenvalue weighted by molar-refractivity contribution is 6.08. The molecule has 43 heavy (non-hydrogen) atoms. The zero-order valence-electron chi connectivity index (χ0n) is 24.3. The van der Waals surface area contributed by atoms with Crippen LogP contribution in [0.2, 0.25) is 0 Å². The van der Waals surface area contributed by atoms with Gasteiger partial charge in [0.2, 0.25) is 0 Å². The number of carboxylic acids is 1. The Hall–Kier alpha value is -4.12. The van der Waals surface area contributed by atoms with E-state index in [0.29, 0.717) is 57.2 Å². The van der Waals surface area contributed by atoms with Crippen LogP contribution >= 0.6 is 0 Å². The molecule has 2 aromatic heterocycles. The fourth-order valence-corrected chi connectivity index (χ4v) is 5.19. The first kappa shape index (κ1) is 30.3. The summed E-state index contributed by atoms with van der Waals surface area (Å²) in [6, 6.07) is 14.0. The highest BCUT2D eigenvalue weighted by Crippen LogP contribution is 2.29. The van der Waals surface area contributed by atoms with Gasteiger partial charge in [-0.3, -0.25) is 14.6 Å². The number of carbonyl (C=O) groups is 2. The van der Waals surface area contributed by atoms with Crippen LogP contribution in [0.15, 0.2) is 48.7 Å². The third-order valence-corrected chi connectivity index (χ3v) is 7.78. The van der Waals surface area contributed by atoms with Crippen molar-refractivity contribution in [1.82, 2.24) is 9.97 Å². The van der Waals surface area contributed by atoms with Gasteiger partial charge in [0.15, 0.2) is 11.6 Å². The van der Waals surface area contributed by atoms with E-state index in [2.05, 4.69) is 29.0 Å². The van der Waals surface area contributed by atoms with Crippen molar-refractivity contribution in [2.45, 2.75) is 45.1 Å². The number of benzene rings is 2. The van der Waals surface area contributed by atoms with Gasteiger partial charge in [-0.1, -0.05) is 18.2 Å². The molecule has 1 fully saturated rings. The van der Waals surface area contributed by atoms with E-state index < -0.39 is 12.1 Å². The molecule has 1 aliphatic rings. The summed E-state index contributed by atoms with van der Waals surface area (Å²) in [7, 11) is 0. The molecule has 4 N–H and O–H groups in total. The van der Waals surface area contributed by atoms with Crippen LogP contribution in [0.3, 0.4) is 0 Å². The van der Waals surface area contributed by atoms with Gasteiger partial charge in [-0.25, -0.2) is 4.98 Å². The number of nitrogen functional groups attached to an aromatic ring is 1. The highest BCUT2D eigenvalue weighted by atomic mass is 16.5. The number of rotatable bonds is 16. The average molecular weight is 588 g/mol. The standard InChI is InChI=1S/C33H37N3O7/c1-20-16-24(43-15-14-42-13-12-41-11-10-26-31(39)32(26)40)7-6-23(20)5-2-22-17-27-25-8-3-21(4-9-29(37)38)18-28(25)36-33(34)30(27)35-19-22/h3,6-8,16-19,26,31,39H,2,4-5,9-15H2,1H3,(H2,34,36)(H,37,38). The van der Waals surface area contributed by atoms with E-state index >= 15 is 0 Å². The van der Waals surface area contributed by atoms with Gasteiger partial charge in [-0.05, 0) is 79.1 Å². The van der Waals surface area contributed by atoms with Crippen molar-refractivity contribution in [3.63, 3.8) is 0 Å². The van der Waals surface area contributed by atoms with Crippen LogP contribution in [0.25, 0.3) is 21.8 Å². The van der Waals surface area contributed by atoms with Crippen LogP contribution in [0.1, 0.15) is 35.1 Å². The Labute approximate surface area is 249 Å². The van der Waals surface area contributed by atoms with E-state index in [1.54, 1.807) is 0 Å². The van der Waals surface area contributed by atoms with Gasteiger partial charge in [0.1, 0.15) is 24.0 Å². The number of nitrogens with zero attached hydrogens (tertiary/aromatic N) is 2. The number of carbonyl (C=O) groups excluding carboxylic acids is 1. The zero-order chi connectivity index (χ0) is 30.3. The number of fused-ring (bicyclic) bond motifs is 3. The van der Waals surface area contributed by atoms with E-state index in [-0.39, 0.29) is 18.1 Å². The normalized spacial score (nSPS) is 16.2. The minimum atomic E-state index is -0.829. The predicted octanol–water partition coefficient (Wildman–Crippen LogP) is 3.84. The van der Waals surface area contributed by atoms with Gasteiger partial charge in [0.25, 0.3) is 0 Å². The number of hydrogen-bond donors (Lipinski definition) is 3. The number of ketones is 1. The molecule has 0 spiro atoms. The van der Waals surface area contributed by atoms with Crippen molar-refractivity contribution in [3.8, 4) is 5.75 Å². The number of hydrogen-bond acceptors (Lipinski definition) is 9. The minimum Gasteiger partial charge on any atom is -0.491 e. The number of aryl methyl sites for hydroxylation is 4. The lowest BCUT2D eigenvalue weighted by Gasteiger charge is -2.12. The molecule has 2 heterocycles. The third kappa shape index (κ3) is 7.84. The first-order valence-corrected chi connectivity index (χ1v) is 14.6. The number of aliphatic carboxylic acids is 1. The first-order valence-electron chi connectivity index (χ1n) is 14.6. The summed E-state index contributed by atoms with van der Waals surface area (Å²) in [6.07, 6.45) is 3.77. The Morgan fingerprint density at radius 1 is 0.930 bits per heavy atom. The predicted molar refractivity (Wildman–Crippen MR) is 162 cm³/mol. The lowest BCUT2D eigenvalue weighted by atomic mass is 9.99. The molecule has 10 heteroatoms. The largest absolute Gasteiger partial charge is 0.491 e. The topological polar surface area (TPSA) is 154 Å². The van der Waals surface area contributed by atoms with Crippen molar-refractivity contribution in [2.24, 2.45) is 5.92 Å². The maximum atomic E-state index is 11.1. The van der Waals surface area contributed by atoms with E-state index in [0.717, 1.165) is 51.6 Å². The van der Waals surface area contributed by atoms with Gasteiger partial charge < -0.3 is 30.2 Å². The van der Waals surface area contributed by atoms with Crippen molar-refractivity contribution < 1.29 is 34.0 Å². The molecule has 0 saturated heterocycles. The highest BCUT2D eigenvalue weighted by Gasteiger charge is 2.47. The summed E-state index contributed by atoms with van der Waals surface area (Å²) in [4.78, 5) is 31.2. The van der Waals surface area contributed by atoms with Crippen molar-refractivity contribution >= 4 is 39.4 Å². The number of ether oxygens (including phenoxy) is 3. The second-order valence-electron chi connectivity index (χ2n) is 10.9. The van der Waals surface area contributed by atoms with Crippen molar-refractivity contribution in [3.05, 3.63) is 70.9 Å². The summed E-state index contributed by atoms with van der Waals surface area (Å²) in [5.74, 6) is -0.0118. The van der Waals surface area contributed by atoms with Gasteiger partial charge >= 0.3 is 5.97 Å². The summed E-state index contributed by atoms with van der Waals surface area (Å²) in [5, 5.41) is 20.1. The fraction of sp³-hybridized carbons (Fsp3) is 0.394. The lowest BCUT2D eigenvalue weighted by molar-refractivity contribution is -0.137. The van der Waals surface area contributed by atoms with E-state index in [1.165, 1.54) is 5.56 Å². The van der Waals surface area contributed by atoms with Crippen LogP contribution in [-0.2, 0) is 38.3 Å². The van der Waals surface area contributed by atoms with Crippen molar-refractivity contribution in [1.29, 1.82) is 0 Å². The smallest absolute Gasteiger partial charge is 0.303 e. The minimum absolute atomic E-state index is 0.0670. The maximum Gasteiger partial charge on any atom is 0.303 e. The van der Waals surface area contributed by atoms with E-state index in [1.807, 2.05) is 36.5 Å². The number of pyridine rings is 2. The molecular formula is C33H37N3O7. The van der Waals surface area contributed by atoms with Crippen LogP contribution in [0.4, 0.5) is 5.82 Å². The molecule has 4 aromatic rings. The van der Waals surface area contributed by atoms with E-state index in [4.69, 9.17) is 25.1 Å². The molecule has 2 atom stereocenters. The SMILES string of the molecule is Cc1cc(OCCOCCOCCC2C(=O)C2O)ccc1CCc1cnc2c(N)nc3cc(CCC(=O)O)ccc3c2c1. The number of anilines is 1. The second-order valence-corrected chi connectivity index (χ2v) is 10.9. The van der Waals surface area contributed by atoms with Gasteiger partial charge in [0.05, 0.1) is 31.3 Å². The Kier molecular flexibility index (Phi) is 9.81. The number of aliphatic hydroxyl groups is 1. The molecule has 5 rings (SSSR count). The molecule has 0 bridgehead atoms. The zero-order valence-corrected chi connectivity index (χ0v) is 24.3. The van der Waals surface area contributed by atoms with Crippen LogP contribution in [-0.4, -0.2) is 71.1 Å². The molecule has 2 aromatic carbocycles. The van der Waals surface area contributed by atoms with Gasteiger partial charge in [0, 0.05) is 30.0 Å². The van der Waals surface area contributed by atoms with Crippen LogP contribution < -0.4 is 10.5 Å². The first-order chi connectivity index (χ1) is 20.8. The third-order valence-electron chi connectivity index (χ3n) is 7.78. The Balaban J connectivity index is 1.10. The number of aromatic nitrogens is 2. The summed E-state index contributed by atoms with van der Waals surface area (Å²) >= 11 is 0. The van der Waals surface area contributed by atoms with Crippen LogP contribution in [0.5, 0.6) is 5.75 Å². The average Bonchev–Trinajstić information content (AvgIpc) is 3.57. The number of carboxylic acid groups (broad SMARTS) is 1. The molecule has 226 valence electrons. The molecule has 10 nitrogen and oxygen atoms in total. The summed E-state index contributed by atoms with van der Waals surface area (Å²) < 4.78 is 16.8. The van der Waals surface area contributed by atoms with Crippen LogP contribution in [0, 0.1) is 12.8 Å². The molecule has 0 radical (unpaired) electrons. The Bertz CT molecular complexity index is 1620. The quantitative estimate of drug-likeness (QED) is 0.130. The van der Waals surface area contributed by atoms with Gasteiger partial charge in [-0.2, -0.15) is 0 Å². The molecule has 1 aliphatic carbocycles. The molecule has 1 saturated carbocycles. The monoisotopic (exact) mass is 587 g/mol. The molecule has 0 amide bonds. The summed E-state index contributed by atoms with van der Waals surface area (Å²) in [6.45, 7) is 4.27. The number of nitrogens with two attached hydrogens (primary N) is 1. The fourth-order valence-electron chi connectivity index (χ4n) is 5.19. The summed E-state index contributed by atoms with van der Waals surface area (Å²) in [5.41, 5.74) is 12.0. The lowest BCUT2D eigenvalue weighted by Crippen LogP contribution is -2.11. The molecule has 0 aliphatic heterocycles. The second kappa shape index (κ2) is 13.9. The Morgan fingerprint density at radius 3 is 2.44 bits per heavy atom. The van der Waals surface area contributed by atoms with E-state index in [9.17, 15) is 14.7 Å². The number of aliphatic hydroxyl groups excluding tert-OH is 1. The van der Waals surface area contributed by atoms with Gasteiger partial charge in [-0.15, -0.1) is 0 Å². The Morgan fingerprint density at radius 2 is 1.70 bits per heavy atom. The maximum absolute atomic E-state index is 11.1.